The maximum atomic E-state index is 6.17. The Bertz CT molecular complexity index is 1490. The van der Waals surface area contributed by atoms with Gasteiger partial charge in [-0.25, -0.2) is 0 Å². The van der Waals surface area contributed by atoms with Crippen molar-refractivity contribution >= 4 is 44.9 Å². The van der Waals surface area contributed by atoms with E-state index in [0.29, 0.717) is 15.4 Å². The lowest BCUT2D eigenvalue weighted by Gasteiger charge is -2.17. The van der Waals surface area contributed by atoms with E-state index in [-0.39, 0.29) is 0 Å². The van der Waals surface area contributed by atoms with Gasteiger partial charge in [0.15, 0.2) is 0 Å². The summed E-state index contributed by atoms with van der Waals surface area (Å²) in [6, 6.07) is 29.9. The van der Waals surface area contributed by atoms with Crippen LogP contribution in [0.15, 0.2) is 95.3 Å². The zero-order valence-corrected chi connectivity index (χ0v) is 22.7. The molecular formula is C33H26Cl2Si. The van der Waals surface area contributed by atoms with Crippen molar-refractivity contribution in [1.82, 2.24) is 0 Å². The minimum absolute atomic E-state index is 0.496. The summed E-state index contributed by atoms with van der Waals surface area (Å²) >= 11 is 12.3. The summed E-state index contributed by atoms with van der Waals surface area (Å²) in [5.74, 6) is 0.496. The highest BCUT2D eigenvalue weighted by molar-refractivity contribution is 6.57. The third kappa shape index (κ3) is 4.41. The third-order valence-corrected chi connectivity index (χ3v) is 9.21. The molecule has 0 bridgehead atoms. The van der Waals surface area contributed by atoms with Crippen LogP contribution in [-0.2, 0) is 6.42 Å². The van der Waals surface area contributed by atoms with Crippen LogP contribution < -0.4 is 0 Å². The third-order valence-electron chi connectivity index (χ3n) is 7.28. The summed E-state index contributed by atoms with van der Waals surface area (Å²) in [6.45, 7) is 2.30. The molecule has 1 atom stereocenters. The Morgan fingerprint density at radius 1 is 0.722 bits per heavy atom. The molecule has 0 aliphatic heterocycles. The molecule has 6 rings (SSSR count). The lowest BCUT2D eigenvalue weighted by atomic mass is 9.92. The highest BCUT2D eigenvalue weighted by Crippen LogP contribution is 2.44. The largest absolute Gasteiger partial charge is 0.111 e. The zero-order chi connectivity index (χ0) is 24.6. The monoisotopic (exact) mass is 520 g/mol. The summed E-state index contributed by atoms with van der Waals surface area (Å²) in [4.78, 5) is 0. The summed E-state index contributed by atoms with van der Waals surface area (Å²) in [5.41, 5.74) is 10.7. The molecule has 0 N–H and O–H groups in total. The molecule has 0 nitrogen and oxygen atoms in total. The van der Waals surface area contributed by atoms with Crippen molar-refractivity contribution in [3.63, 3.8) is 0 Å². The van der Waals surface area contributed by atoms with E-state index in [4.69, 9.17) is 23.2 Å². The molecule has 176 valence electrons. The van der Waals surface area contributed by atoms with Crippen LogP contribution in [0.1, 0.15) is 47.9 Å². The average molecular weight is 522 g/mol. The summed E-state index contributed by atoms with van der Waals surface area (Å²) in [5, 5.41) is 4.65. The van der Waals surface area contributed by atoms with Gasteiger partial charge in [0.05, 0.1) is 0 Å². The van der Waals surface area contributed by atoms with E-state index in [9.17, 15) is 0 Å². The zero-order valence-electron chi connectivity index (χ0n) is 20.2. The minimum Gasteiger partial charge on any atom is -0.0843 e. The van der Waals surface area contributed by atoms with E-state index in [1.165, 1.54) is 62.5 Å². The van der Waals surface area contributed by atoms with Crippen LogP contribution in [0.2, 0.25) is 10.0 Å². The maximum absolute atomic E-state index is 6.17. The molecule has 4 aromatic carbocycles. The second kappa shape index (κ2) is 9.90. The molecule has 4 aromatic rings. The predicted octanol–water partition coefficient (Wildman–Crippen LogP) is 9.87. The Kier molecular flexibility index (Phi) is 6.48. The number of rotatable bonds is 6. The van der Waals surface area contributed by atoms with Crippen LogP contribution in [0.4, 0.5) is 0 Å². The number of allylic oxidation sites excluding steroid dienone is 2. The van der Waals surface area contributed by atoms with Gasteiger partial charge in [-0.05, 0) is 81.6 Å². The van der Waals surface area contributed by atoms with Crippen LogP contribution in [-0.4, -0.2) is 9.52 Å². The molecule has 3 heteroatoms. The molecule has 0 heterocycles. The SMILES string of the molecule is CCCC1C([Si]C2=Cc3c(cccc3-c3ccc(Cl)cc3)C2)=Cc2c(-c3ccc(Cl)cc3)cccc21. The van der Waals surface area contributed by atoms with Crippen molar-refractivity contribution in [2.24, 2.45) is 0 Å². The number of hydrogen-bond acceptors (Lipinski definition) is 0. The molecule has 2 aliphatic carbocycles. The van der Waals surface area contributed by atoms with Gasteiger partial charge in [-0.3, -0.25) is 0 Å². The normalized spacial score (nSPS) is 15.9. The number of fused-ring (bicyclic) bond motifs is 2. The van der Waals surface area contributed by atoms with E-state index < -0.39 is 0 Å². The van der Waals surface area contributed by atoms with E-state index in [2.05, 4.69) is 79.7 Å². The number of hydrogen-bond donors (Lipinski definition) is 0. The first kappa shape index (κ1) is 23.5. The highest BCUT2D eigenvalue weighted by Gasteiger charge is 2.28. The highest BCUT2D eigenvalue weighted by atomic mass is 35.5. The first-order valence-corrected chi connectivity index (χ1v) is 14.3. The van der Waals surface area contributed by atoms with Crippen LogP contribution >= 0.6 is 23.2 Å². The maximum Gasteiger partial charge on any atom is 0.111 e. The molecular weight excluding hydrogens is 495 g/mol. The van der Waals surface area contributed by atoms with Gasteiger partial charge in [-0.2, -0.15) is 0 Å². The van der Waals surface area contributed by atoms with Crippen LogP contribution in [0, 0.1) is 0 Å². The molecule has 0 saturated heterocycles. The standard InChI is InChI=1S/C33H26Cl2Si/c1-2-5-30-29-9-4-8-28(22-12-16-25(35)17-13-22)32(29)20-33(30)36-26-18-23-6-3-7-27(31(23)19-26)21-10-14-24(34)15-11-21/h3-4,6-17,19-20,30H,2,5,18H2,1H3. The fraction of sp³-hybridized carbons (Fsp3) is 0.152. The first-order valence-electron chi connectivity index (χ1n) is 12.6. The summed E-state index contributed by atoms with van der Waals surface area (Å²) in [6.07, 6.45) is 8.33. The molecule has 0 saturated carbocycles. The van der Waals surface area contributed by atoms with E-state index >= 15 is 0 Å². The molecule has 36 heavy (non-hydrogen) atoms. The van der Waals surface area contributed by atoms with Crippen molar-refractivity contribution in [3.8, 4) is 22.3 Å². The van der Waals surface area contributed by atoms with Gasteiger partial charge in [-0.1, -0.05) is 120 Å². The summed E-state index contributed by atoms with van der Waals surface area (Å²) < 4.78 is 0. The van der Waals surface area contributed by atoms with Crippen molar-refractivity contribution < 1.29 is 0 Å². The number of halogens is 2. The Labute approximate surface area is 226 Å². The lowest BCUT2D eigenvalue weighted by molar-refractivity contribution is 0.716. The van der Waals surface area contributed by atoms with E-state index in [1.54, 1.807) is 5.20 Å². The van der Waals surface area contributed by atoms with E-state index in [1.807, 2.05) is 24.3 Å². The quantitative estimate of drug-likeness (QED) is 0.222. The van der Waals surface area contributed by atoms with Crippen molar-refractivity contribution in [2.75, 3.05) is 0 Å². The molecule has 0 fully saturated rings. The van der Waals surface area contributed by atoms with Gasteiger partial charge >= 0.3 is 0 Å². The van der Waals surface area contributed by atoms with Crippen LogP contribution in [0.25, 0.3) is 34.4 Å². The van der Waals surface area contributed by atoms with Gasteiger partial charge in [0.2, 0.25) is 0 Å². The molecule has 2 aliphatic rings. The number of benzene rings is 4. The van der Waals surface area contributed by atoms with Gasteiger partial charge in [0.1, 0.15) is 9.52 Å². The van der Waals surface area contributed by atoms with Gasteiger partial charge in [0, 0.05) is 16.0 Å². The van der Waals surface area contributed by atoms with Gasteiger partial charge < -0.3 is 0 Å². The molecule has 0 aromatic heterocycles. The molecule has 2 radical (unpaired) electrons. The van der Waals surface area contributed by atoms with Gasteiger partial charge in [-0.15, -0.1) is 0 Å². The fourth-order valence-electron chi connectivity index (χ4n) is 5.59. The Hall–Kier alpha value is -2.84. The first-order chi connectivity index (χ1) is 17.6. The lowest BCUT2D eigenvalue weighted by Crippen LogP contribution is -2.08. The van der Waals surface area contributed by atoms with Crippen molar-refractivity contribution in [3.05, 3.63) is 128 Å². The Morgan fingerprint density at radius 3 is 1.97 bits per heavy atom. The topological polar surface area (TPSA) is 0 Å². The van der Waals surface area contributed by atoms with Crippen LogP contribution in [0.5, 0.6) is 0 Å². The summed E-state index contributed by atoms with van der Waals surface area (Å²) in [7, 11) is 0.706. The molecule has 0 amide bonds. The minimum atomic E-state index is 0.496. The Balaban J connectivity index is 1.34. The second-order valence-corrected chi connectivity index (χ2v) is 12.0. The van der Waals surface area contributed by atoms with Crippen molar-refractivity contribution in [1.29, 1.82) is 0 Å². The predicted molar refractivity (Wildman–Crippen MR) is 157 cm³/mol. The molecule has 0 spiro atoms. The Morgan fingerprint density at radius 2 is 1.33 bits per heavy atom. The van der Waals surface area contributed by atoms with Crippen molar-refractivity contribution in [2.45, 2.75) is 32.1 Å². The second-order valence-electron chi connectivity index (χ2n) is 9.61. The molecule has 1 unspecified atom stereocenters. The smallest absolute Gasteiger partial charge is 0.0843 e. The van der Waals surface area contributed by atoms with Gasteiger partial charge in [0.25, 0.3) is 0 Å². The average Bonchev–Trinajstić information content (AvgIpc) is 3.46. The fourth-order valence-corrected chi connectivity index (χ4v) is 7.40. The van der Waals surface area contributed by atoms with E-state index in [0.717, 1.165) is 16.5 Å². The van der Waals surface area contributed by atoms with Crippen LogP contribution in [0.3, 0.4) is 0 Å².